The summed E-state index contributed by atoms with van der Waals surface area (Å²) >= 11 is 0. The average molecular weight is 392 g/mol. The number of nitrogens with one attached hydrogen (secondary N) is 1. The predicted molar refractivity (Wildman–Crippen MR) is 104 cm³/mol. The van der Waals surface area contributed by atoms with Crippen LogP contribution >= 0.6 is 0 Å². The number of nitrogens with zero attached hydrogens (tertiary/aromatic N) is 1. The van der Waals surface area contributed by atoms with Crippen LogP contribution in [0.25, 0.3) is 0 Å². The lowest BCUT2D eigenvalue weighted by Crippen LogP contribution is -2.38. The van der Waals surface area contributed by atoms with Gasteiger partial charge in [0.15, 0.2) is 0 Å². The van der Waals surface area contributed by atoms with Crippen molar-refractivity contribution in [1.82, 2.24) is 4.72 Å². The number of benzene rings is 2. The molecule has 0 spiro atoms. The van der Waals surface area contributed by atoms with Crippen LogP contribution in [0.1, 0.15) is 12.5 Å². The van der Waals surface area contributed by atoms with Gasteiger partial charge in [0.05, 0.1) is 14.2 Å². The Kier molecular flexibility index (Phi) is 6.81. The molecule has 0 unspecified atom stereocenters. The number of carbonyl (C=O) groups is 1. The zero-order valence-electron chi connectivity index (χ0n) is 15.9. The molecule has 146 valence electrons. The molecule has 0 radical (unpaired) electrons. The van der Waals surface area contributed by atoms with E-state index >= 15 is 0 Å². The number of methoxy groups -OCH3 is 2. The lowest BCUT2D eigenvalue weighted by molar-refractivity contribution is -0.116. The highest BCUT2D eigenvalue weighted by Gasteiger charge is 2.21. The second kappa shape index (κ2) is 8.88. The third-order valence-corrected chi connectivity index (χ3v) is 5.56. The molecule has 1 N–H and O–H groups in total. The molecular weight excluding hydrogens is 368 g/mol. The Morgan fingerprint density at radius 3 is 2.41 bits per heavy atom. The monoisotopic (exact) mass is 392 g/mol. The third kappa shape index (κ3) is 4.99. The summed E-state index contributed by atoms with van der Waals surface area (Å²) in [5, 5.41) is 0. The van der Waals surface area contributed by atoms with Crippen molar-refractivity contribution in [3.05, 3.63) is 48.0 Å². The Labute approximate surface area is 160 Å². The van der Waals surface area contributed by atoms with Crippen LogP contribution in [-0.4, -0.2) is 41.6 Å². The van der Waals surface area contributed by atoms with E-state index in [1.807, 2.05) is 31.2 Å². The van der Waals surface area contributed by atoms with E-state index in [1.54, 1.807) is 11.0 Å². The van der Waals surface area contributed by atoms with Gasteiger partial charge in [0.2, 0.25) is 15.9 Å². The zero-order chi connectivity index (χ0) is 20.0. The van der Waals surface area contributed by atoms with E-state index in [0.717, 1.165) is 11.3 Å². The normalized spacial score (nSPS) is 11.1. The first kappa shape index (κ1) is 20.7. The summed E-state index contributed by atoms with van der Waals surface area (Å²) < 4.78 is 38.1. The molecule has 0 bridgehead atoms. The molecule has 0 aliphatic carbocycles. The molecule has 7 nitrogen and oxygen atoms in total. The molecule has 0 saturated carbocycles. The number of hydrogen-bond donors (Lipinski definition) is 1. The first-order chi connectivity index (χ1) is 12.8. The van der Waals surface area contributed by atoms with Crippen molar-refractivity contribution >= 4 is 21.6 Å². The van der Waals surface area contributed by atoms with Gasteiger partial charge in [-0.1, -0.05) is 18.2 Å². The summed E-state index contributed by atoms with van der Waals surface area (Å²) in [4.78, 5) is 13.5. The topological polar surface area (TPSA) is 84.9 Å². The number of ether oxygens (including phenoxy) is 2. The van der Waals surface area contributed by atoms with Crippen LogP contribution in [0, 0.1) is 6.92 Å². The van der Waals surface area contributed by atoms with Gasteiger partial charge in [-0.05, 0) is 30.7 Å². The second-order valence-electron chi connectivity index (χ2n) is 5.87. The Hall–Kier alpha value is -2.58. The fraction of sp³-hybridized carbons (Fsp3) is 0.316. The quantitative estimate of drug-likeness (QED) is 0.745. The molecule has 0 fully saturated rings. The molecule has 0 aliphatic heterocycles. The number of sulfonamides is 1. The summed E-state index contributed by atoms with van der Waals surface area (Å²) in [5.74, 6) is 0.453. The molecule has 1 amide bonds. The first-order valence-corrected chi connectivity index (χ1v) is 9.84. The zero-order valence-corrected chi connectivity index (χ0v) is 16.7. The summed E-state index contributed by atoms with van der Waals surface area (Å²) in [6.45, 7) is 3.60. The molecule has 0 aromatic heterocycles. The van der Waals surface area contributed by atoms with Gasteiger partial charge in [0.1, 0.15) is 16.4 Å². The Morgan fingerprint density at radius 2 is 1.81 bits per heavy atom. The van der Waals surface area contributed by atoms with Crippen molar-refractivity contribution in [1.29, 1.82) is 0 Å². The van der Waals surface area contributed by atoms with Crippen LogP contribution in [0.15, 0.2) is 47.4 Å². The molecule has 0 atom stereocenters. The second-order valence-corrected chi connectivity index (χ2v) is 7.61. The van der Waals surface area contributed by atoms with Gasteiger partial charge in [-0.3, -0.25) is 4.79 Å². The molecule has 2 rings (SSSR count). The molecule has 0 aliphatic rings. The summed E-state index contributed by atoms with van der Waals surface area (Å²) in [7, 11) is -0.986. The van der Waals surface area contributed by atoms with Crippen molar-refractivity contribution in [3.63, 3.8) is 0 Å². The maximum Gasteiger partial charge on any atom is 0.244 e. The molecule has 0 saturated heterocycles. The van der Waals surface area contributed by atoms with E-state index in [4.69, 9.17) is 9.47 Å². The largest absolute Gasteiger partial charge is 0.497 e. The van der Waals surface area contributed by atoms with Crippen molar-refractivity contribution in [3.8, 4) is 11.5 Å². The first-order valence-electron chi connectivity index (χ1n) is 8.35. The van der Waals surface area contributed by atoms with E-state index in [0.29, 0.717) is 5.75 Å². The minimum absolute atomic E-state index is 0.0189. The van der Waals surface area contributed by atoms with E-state index in [1.165, 1.54) is 33.3 Å². The molecular formula is C19H24N2O5S. The highest BCUT2D eigenvalue weighted by atomic mass is 32.2. The fourth-order valence-electron chi connectivity index (χ4n) is 2.68. The number of anilines is 1. The maximum absolute atomic E-state index is 12.7. The molecule has 0 heterocycles. The Bertz CT molecular complexity index is 912. The van der Waals surface area contributed by atoms with E-state index in [9.17, 15) is 13.2 Å². The SMILES string of the molecule is COc1ccc(OC)c(S(=O)(=O)NCCN(C(C)=O)c2ccccc2C)c1. The standard InChI is InChI=1S/C19H24N2O5S/c1-14-7-5-6-8-17(14)21(15(2)22)12-11-20-27(23,24)19-13-16(25-3)9-10-18(19)26-4/h5-10,13,20H,11-12H2,1-4H3. The summed E-state index contributed by atoms with van der Waals surface area (Å²) in [6, 6.07) is 12.0. The molecule has 2 aromatic carbocycles. The van der Waals surface area contributed by atoms with E-state index < -0.39 is 10.0 Å². The van der Waals surface area contributed by atoms with Crippen LogP contribution in [0.3, 0.4) is 0 Å². The number of hydrogen-bond acceptors (Lipinski definition) is 5. The summed E-state index contributed by atoms with van der Waals surface area (Å²) in [5.41, 5.74) is 1.69. The van der Waals surface area contributed by atoms with E-state index in [2.05, 4.69) is 4.72 Å². The highest BCUT2D eigenvalue weighted by Crippen LogP contribution is 2.28. The fourth-order valence-corrected chi connectivity index (χ4v) is 3.88. The lowest BCUT2D eigenvalue weighted by atomic mass is 10.2. The van der Waals surface area contributed by atoms with Gasteiger partial charge in [0, 0.05) is 31.8 Å². The van der Waals surface area contributed by atoms with Gasteiger partial charge >= 0.3 is 0 Å². The number of aryl methyl sites for hydroxylation is 1. The van der Waals surface area contributed by atoms with Gasteiger partial charge in [0.25, 0.3) is 0 Å². The smallest absolute Gasteiger partial charge is 0.244 e. The van der Waals surface area contributed by atoms with Gasteiger partial charge in [-0.15, -0.1) is 0 Å². The Morgan fingerprint density at radius 1 is 1.11 bits per heavy atom. The number of para-hydroxylation sites is 1. The summed E-state index contributed by atoms with van der Waals surface area (Å²) in [6.07, 6.45) is 0. The van der Waals surface area contributed by atoms with Gasteiger partial charge in [-0.25, -0.2) is 13.1 Å². The van der Waals surface area contributed by atoms with Crippen LogP contribution in [-0.2, 0) is 14.8 Å². The molecule has 27 heavy (non-hydrogen) atoms. The van der Waals surface area contributed by atoms with Crippen LogP contribution in [0.2, 0.25) is 0 Å². The van der Waals surface area contributed by atoms with Crippen LogP contribution in [0.5, 0.6) is 11.5 Å². The average Bonchev–Trinajstić information content (AvgIpc) is 2.65. The van der Waals surface area contributed by atoms with Crippen LogP contribution in [0.4, 0.5) is 5.69 Å². The third-order valence-electron chi connectivity index (χ3n) is 4.07. The van der Waals surface area contributed by atoms with Crippen molar-refractivity contribution < 1.29 is 22.7 Å². The highest BCUT2D eigenvalue weighted by molar-refractivity contribution is 7.89. The molecule has 2 aromatic rings. The van der Waals surface area contributed by atoms with Crippen molar-refractivity contribution in [2.75, 3.05) is 32.2 Å². The Balaban J connectivity index is 2.17. The maximum atomic E-state index is 12.7. The molecule has 8 heteroatoms. The van der Waals surface area contributed by atoms with Crippen molar-refractivity contribution in [2.45, 2.75) is 18.7 Å². The number of rotatable bonds is 8. The lowest BCUT2D eigenvalue weighted by Gasteiger charge is -2.23. The predicted octanol–water partition coefficient (Wildman–Crippen LogP) is 2.34. The number of carbonyl (C=O) groups excluding carboxylic acids is 1. The van der Waals surface area contributed by atoms with Crippen LogP contribution < -0.4 is 19.1 Å². The minimum Gasteiger partial charge on any atom is -0.497 e. The van der Waals surface area contributed by atoms with Crippen molar-refractivity contribution in [2.24, 2.45) is 0 Å². The van der Waals surface area contributed by atoms with Gasteiger partial charge < -0.3 is 14.4 Å². The minimum atomic E-state index is -3.84. The van der Waals surface area contributed by atoms with E-state index in [-0.39, 0.29) is 29.6 Å². The number of amides is 1. The van der Waals surface area contributed by atoms with Gasteiger partial charge in [-0.2, -0.15) is 0 Å².